The van der Waals surface area contributed by atoms with Crippen LogP contribution in [0.4, 0.5) is 0 Å². The lowest BCUT2D eigenvalue weighted by molar-refractivity contribution is 0.0211. The molecule has 0 aromatic carbocycles. The third kappa shape index (κ3) is 0.789. The third-order valence-corrected chi connectivity index (χ3v) is 2.70. The van der Waals surface area contributed by atoms with E-state index in [0.717, 1.165) is 25.2 Å². The summed E-state index contributed by atoms with van der Waals surface area (Å²) in [4.78, 5) is 2.53. The van der Waals surface area contributed by atoms with Crippen molar-refractivity contribution >= 4 is 0 Å². The molecule has 0 aliphatic carbocycles. The van der Waals surface area contributed by atoms with Gasteiger partial charge in [-0.1, -0.05) is 0 Å². The van der Waals surface area contributed by atoms with E-state index >= 15 is 0 Å². The van der Waals surface area contributed by atoms with Crippen LogP contribution in [-0.4, -0.2) is 36.7 Å². The Balaban J connectivity index is 1.94. The van der Waals surface area contributed by atoms with Gasteiger partial charge in [0, 0.05) is 24.5 Å². The van der Waals surface area contributed by atoms with Crippen LogP contribution < -0.4 is 0 Å². The maximum atomic E-state index is 5.37. The summed E-state index contributed by atoms with van der Waals surface area (Å²) < 4.78 is 5.37. The average molecular weight is 141 g/mol. The molecule has 0 amide bonds. The Labute approximate surface area is 62.2 Å². The van der Waals surface area contributed by atoms with Crippen LogP contribution in [0.1, 0.15) is 13.8 Å². The Morgan fingerprint density at radius 1 is 1.40 bits per heavy atom. The molecule has 0 radical (unpaired) electrons. The fourth-order valence-electron chi connectivity index (χ4n) is 1.99. The number of fused-ring (bicyclic) bond motifs is 1. The minimum Gasteiger partial charge on any atom is -0.379 e. The Morgan fingerprint density at radius 3 is 2.80 bits per heavy atom. The van der Waals surface area contributed by atoms with Crippen LogP contribution in [-0.2, 0) is 4.74 Å². The molecule has 2 aliphatic rings. The Morgan fingerprint density at radius 2 is 2.20 bits per heavy atom. The van der Waals surface area contributed by atoms with Gasteiger partial charge in [0.15, 0.2) is 0 Å². The summed E-state index contributed by atoms with van der Waals surface area (Å²) in [5.41, 5.74) is 0. The molecular formula is C8H15NO. The van der Waals surface area contributed by atoms with Gasteiger partial charge in [0.05, 0.1) is 13.2 Å². The van der Waals surface area contributed by atoms with E-state index in [4.69, 9.17) is 4.74 Å². The zero-order valence-corrected chi connectivity index (χ0v) is 6.71. The van der Waals surface area contributed by atoms with Crippen molar-refractivity contribution in [2.75, 3.05) is 19.8 Å². The predicted octanol–water partition coefficient (Wildman–Crippen LogP) is 0.725. The standard InChI is InChI=1S/C8H15NO/c1-6(2)9-3-7-4-10-5-8(7)9/h6-8H,3-5H2,1-2H3/t7-,8+/m1/s1. The van der Waals surface area contributed by atoms with E-state index in [2.05, 4.69) is 18.7 Å². The average Bonchev–Trinajstić information content (AvgIpc) is 2.11. The van der Waals surface area contributed by atoms with Gasteiger partial charge in [-0.25, -0.2) is 0 Å². The molecule has 0 spiro atoms. The summed E-state index contributed by atoms with van der Waals surface area (Å²) in [6.07, 6.45) is 0. The second-order valence-corrected chi connectivity index (χ2v) is 3.66. The van der Waals surface area contributed by atoms with Crippen LogP contribution in [0.5, 0.6) is 0 Å². The van der Waals surface area contributed by atoms with Gasteiger partial charge in [-0.15, -0.1) is 0 Å². The number of hydrogen-bond donors (Lipinski definition) is 0. The van der Waals surface area contributed by atoms with Crippen LogP contribution in [0.2, 0.25) is 0 Å². The van der Waals surface area contributed by atoms with Gasteiger partial charge in [0.2, 0.25) is 0 Å². The molecule has 2 heterocycles. The number of likely N-dealkylation sites (tertiary alicyclic amines) is 1. The fourth-order valence-corrected chi connectivity index (χ4v) is 1.99. The highest BCUT2D eigenvalue weighted by molar-refractivity contribution is 4.96. The van der Waals surface area contributed by atoms with Crippen molar-refractivity contribution in [2.45, 2.75) is 25.9 Å². The highest BCUT2D eigenvalue weighted by atomic mass is 16.5. The van der Waals surface area contributed by atoms with Crippen LogP contribution in [0.25, 0.3) is 0 Å². The second kappa shape index (κ2) is 2.21. The maximum Gasteiger partial charge on any atom is 0.0626 e. The van der Waals surface area contributed by atoms with Gasteiger partial charge in [0.25, 0.3) is 0 Å². The molecular weight excluding hydrogens is 126 g/mol. The van der Waals surface area contributed by atoms with Crippen LogP contribution >= 0.6 is 0 Å². The molecule has 2 rings (SSSR count). The van der Waals surface area contributed by atoms with E-state index in [1.54, 1.807) is 0 Å². The quantitative estimate of drug-likeness (QED) is 0.533. The van der Waals surface area contributed by atoms with Crippen molar-refractivity contribution in [2.24, 2.45) is 5.92 Å². The first-order valence-electron chi connectivity index (χ1n) is 4.12. The van der Waals surface area contributed by atoms with E-state index in [9.17, 15) is 0 Å². The number of hydrogen-bond acceptors (Lipinski definition) is 2. The normalized spacial score (nSPS) is 39.9. The largest absolute Gasteiger partial charge is 0.379 e. The van der Waals surface area contributed by atoms with Gasteiger partial charge in [0.1, 0.15) is 0 Å². The van der Waals surface area contributed by atoms with Crippen LogP contribution in [0, 0.1) is 5.92 Å². The van der Waals surface area contributed by atoms with Crippen molar-refractivity contribution in [3.05, 3.63) is 0 Å². The summed E-state index contributed by atoms with van der Waals surface area (Å²) in [6, 6.07) is 1.47. The van der Waals surface area contributed by atoms with Crippen LogP contribution in [0.15, 0.2) is 0 Å². The first-order valence-corrected chi connectivity index (χ1v) is 4.12. The number of ether oxygens (including phenoxy) is 1. The zero-order chi connectivity index (χ0) is 7.14. The molecule has 2 nitrogen and oxygen atoms in total. The molecule has 0 aromatic heterocycles. The minimum atomic E-state index is 0.711. The molecule has 0 N–H and O–H groups in total. The van der Waals surface area contributed by atoms with Crippen LogP contribution in [0.3, 0.4) is 0 Å². The number of nitrogens with zero attached hydrogens (tertiary/aromatic N) is 1. The van der Waals surface area contributed by atoms with Crippen molar-refractivity contribution in [3.8, 4) is 0 Å². The van der Waals surface area contributed by atoms with Gasteiger partial charge < -0.3 is 4.74 Å². The maximum absolute atomic E-state index is 5.37. The predicted molar refractivity (Wildman–Crippen MR) is 39.9 cm³/mol. The molecule has 2 saturated heterocycles. The van der Waals surface area contributed by atoms with E-state index in [-0.39, 0.29) is 0 Å². The van der Waals surface area contributed by atoms with Crippen molar-refractivity contribution in [3.63, 3.8) is 0 Å². The van der Waals surface area contributed by atoms with Gasteiger partial charge in [-0.2, -0.15) is 0 Å². The second-order valence-electron chi connectivity index (χ2n) is 3.66. The zero-order valence-electron chi connectivity index (χ0n) is 6.71. The Hall–Kier alpha value is -0.0800. The highest BCUT2D eigenvalue weighted by Gasteiger charge is 2.43. The van der Waals surface area contributed by atoms with E-state index < -0.39 is 0 Å². The molecule has 2 heteroatoms. The van der Waals surface area contributed by atoms with Crippen molar-refractivity contribution < 1.29 is 4.74 Å². The summed E-state index contributed by atoms with van der Waals surface area (Å²) in [5.74, 6) is 0.863. The molecule has 0 saturated carbocycles. The lowest BCUT2D eigenvalue weighted by Crippen LogP contribution is -2.58. The summed E-state index contributed by atoms with van der Waals surface area (Å²) in [7, 11) is 0. The monoisotopic (exact) mass is 141 g/mol. The smallest absolute Gasteiger partial charge is 0.0626 e. The third-order valence-electron chi connectivity index (χ3n) is 2.70. The molecule has 10 heavy (non-hydrogen) atoms. The number of rotatable bonds is 1. The SMILES string of the molecule is CC(C)N1C[C@@H]2COC[C@@H]21. The highest BCUT2D eigenvalue weighted by Crippen LogP contribution is 2.31. The Kier molecular flexibility index (Phi) is 1.46. The molecule has 2 aliphatic heterocycles. The van der Waals surface area contributed by atoms with Gasteiger partial charge in [-0.3, -0.25) is 4.90 Å². The minimum absolute atomic E-state index is 0.711. The van der Waals surface area contributed by atoms with E-state index in [1.807, 2.05) is 0 Å². The Bertz CT molecular complexity index is 135. The van der Waals surface area contributed by atoms with E-state index in [0.29, 0.717) is 6.04 Å². The molecule has 2 atom stereocenters. The molecule has 0 bridgehead atoms. The first kappa shape index (κ1) is 6.62. The van der Waals surface area contributed by atoms with Gasteiger partial charge >= 0.3 is 0 Å². The lowest BCUT2D eigenvalue weighted by Gasteiger charge is -2.45. The van der Waals surface area contributed by atoms with Crippen molar-refractivity contribution in [1.29, 1.82) is 0 Å². The summed E-state index contributed by atoms with van der Waals surface area (Å²) >= 11 is 0. The summed E-state index contributed by atoms with van der Waals surface area (Å²) in [5, 5.41) is 0. The van der Waals surface area contributed by atoms with Gasteiger partial charge in [-0.05, 0) is 13.8 Å². The fraction of sp³-hybridized carbons (Fsp3) is 1.00. The summed E-state index contributed by atoms with van der Waals surface area (Å²) in [6.45, 7) is 7.77. The molecule has 58 valence electrons. The molecule has 0 aromatic rings. The van der Waals surface area contributed by atoms with E-state index in [1.165, 1.54) is 6.54 Å². The first-order chi connectivity index (χ1) is 4.79. The lowest BCUT2D eigenvalue weighted by atomic mass is 9.90. The topological polar surface area (TPSA) is 12.5 Å². The van der Waals surface area contributed by atoms with Crippen molar-refractivity contribution in [1.82, 2.24) is 4.90 Å². The molecule has 2 fully saturated rings. The molecule has 0 unspecified atom stereocenters.